The van der Waals surface area contributed by atoms with E-state index in [0.29, 0.717) is 12.1 Å². The van der Waals surface area contributed by atoms with Gasteiger partial charge in [0.2, 0.25) is 0 Å². The number of nitrogens with one attached hydrogen (secondary N) is 1. The molecule has 2 N–H and O–H groups in total. The Bertz CT molecular complexity index is 531. The van der Waals surface area contributed by atoms with Crippen molar-refractivity contribution in [3.63, 3.8) is 0 Å². The van der Waals surface area contributed by atoms with Gasteiger partial charge in [0.05, 0.1) is 12.6 Å². The van der Waals surface area contributed by atoms with Gasteiger partial charge in [0.25, 0.3) is 0 Å². The number of carbonyl (C=O) groups is 1. The maximum atomic E-state index is 12.2. The molecule has 0 aliphatic carbocycles. The number of carbonyl (C=O) groups excluding carboxylic acids is 1. The first kappa shape index (κ1) is 14.3. The first-order valence-electron chi connectivity index (χ1n) is 6.74. The van der Waals surface area contributed by atoms with Crippen LogP contribution in [0.25, 0.3) is 0 Å². The van der Waals surface area contributed by atoms with E-state index in [2.05, 4.69) is 10.4 Å². The van der Waals surface area contributed by atoms with Crippen molar-refractivity contribution >= 4 is 11.8 Å². The second-order valence-electron chi connectivity index (χ2n) is 5.18. The fraction of sp³-hybridized carbons (Fsp3) is 0.615. The summed E-state index contributed by atoms with van der Waals surface area (Å²) in [5.74, 6) is 0.273. The molecule has 2 amide bonds. The predicted octanol–water partition coefficient (Wildman–Crippen LogP) is 1.32. The minimum absolute atomic E-state index is 0.0427. The van der Waals surface area contributed by atoms with Gasteiger partial charge in [0.15, 0.2) is 5.82 Å². The summed E-state index contributed by atoms with van der Waals surface area (Å²) < 4.78 is 1.64. The van der Waals surface area contributed by atoms with Gasteiger partial charge in [0, 0.05) is 18.8 Å². The van der Waals surface area contributed by atoms with Crippen molar-refractivity contribution in [1.82, 2.24) is 14.7 Å². The van der Waals surface area contributed by atoms with Crippen molar-refractivity contribution in [3.8, 4) is 6.07 Å². The highest BCUT2D eigenvalue weighted by atomic mass is 16.3. The van der Waals surface area contributed by atoms with Crippen LogP contribution in [0.2, 0.25) is 0 Å². The largest absolute Gasteiger partial charge is 0.394 e. The Kier molecular flexibility index (Phi) is 4.25. The molecule has 1 aliphatic heterocycles. The van der Waals surface area contributed by atoms with Gasteiger partial charge in [0.1, 0.15) is 11.6 Å². The van der Waals surface area contributed by atoms with Gasteiger partial charge in [-0.15, -0.1) is 0 Å². The quantitative estimate of drug-likeness (QED) is 0.871. The third-order valence-electron chi connectivity index (χ3n) is 3.46. The molecule has 108 valence electrons. The summed E-state index contributed by atoms with van der Waals surface area (Å²) in [6, 6.07) is 1.68. The number of likely N-dealkylation sites (tertiary alicyclic amines) is 1. The molecule has 0 aromatic carbocycles. The van der Waals surface area contributed by atoms with Crippen molar-refractivity contribution in [2.24, 2.45) is 0 Å². The highest BCUT2D eigenvalue weighted by Crippen LogP contribution is 2.20. The first-order valence-corrected chi connectivity index (χ1v) is 6.74. The molecule has 7 nitrogen and oxygen atoms in total. The molecule has 7 heteroatoms. The highest BCUT2D eigenvalue weighted by Gasteiger charge is 2.29. The lowest BCUT2D eigenvalue weighted by atomic mass is 10.2. The van der Waals surface area contributed by atoms with Crippen molar-refractivity contribution < 1.29 is 9.90 Å². The Morgan fingerprint density at radius 3 is 3.05 bits per heavy atom. The molecule has 0 radical (unpaired) electrons. The molecule has 1 saturated heterocycles. The van der Waals surface area contributed by atoms with Gasteiger partial charge < -0.3 is 10.0 Å². The number of aliphatic hydroxyl groups is 1. The van der Waals surface area contributed by atoms with Gasteiger partial charge >= 0.3 is 6.03 Å². The average Bonchev–Trinajstić information content (AvgIpc) is 3.04. The van der Waals surface area contributed by atoms with E-state index >= 15 is 0 Å². The summed E-state index contributed by atoms with van der Waals surface area (Å²) in [4.78, 5) is 13.8. The predicted molar refractivity (Wildman–Crippen MR) is 73.2 cm³/mol. The van der Waals surface area contributed by atoms with E-state index in [4.69, 9.17) is 5.26 Å². The molecule has 0 unspecified atom stereocenters. The molecule has 1 aromatic heterocycles. The molecule has 1 aromatic rings. The van der Waals surface area contributed by atoms with Crippen LogP contribution in [0.5, 0.6) is 0 Å². The lowest BCUT2D eigenvalue weighted by molar-refractivity contribution is 0.166. The van der Waals surface area contributed by atoms with Crippen molar-refractivity contribution in [3.05, 3.63) is 11.8 Å². The summed E-state index contributed by atoms with van der Waals surface area (Å²) >= 11 is 0. The number of aromatic nitrogens is 2. The average molecular weight is 277 g/mol. The van der Waals surface area contributed by atoms with E-state index in [9.17, 15) is 9.90 Å². The zero-order valence-electron chi connectivity index (χ0n) is 11.7. The molecule has 1 atom stereocenters. The van der Waals surface area contributed by atoms with Crippen LogP contribution in [-0.4, -0.2) is 45.0 Å². The molecule has 1 aliphatic rings. The Hall–Kier alpha value is -2.07. The second-order valence-corrected chi connectivity index (χ2v) is 5.18. The van der Waals surface area contributed by atoms with Gasteiger partial charge in [-0.2, -0.15) is 10.4 Å². The van der Waals surface area contributed by atoms with Crippen molar-refractivity contribution in [1.29, 1.82) is 5.26 Å². The number of nitriles is 1. The first-order chi connectivity index (χ1) is 9.56. The normalized spacial score (nSPS) is 18.4. The summed E-state index contributed by atoms with van der Waals surface area (Å²) in [7, 11) is 0. The zero-order valence-corrected chi connectivity index (χ0v) is 11.7. The van der Waals surface area contributed by atoms with Crippen LogP contribution in [0, 0.1) is 11.3 Å². The monoisotopic (exact) mass is 277 g/mol. The summed E-state index contributed by atoms with van der Waals surface area (Å²) in [5.41, 5.74) is 0.340. The van der Waals surface area contributed by atoms with Gasteiger partial charge in [-0.25, -0.2) is 4.79 Å². The Morgan fingerprint density at radius 1 is 1.70 bits per heavy atom. The summed E-state index contributed by atoms with van der Waals surface area (Å²) in [6.45, 7) is 4.47. The maximum absolute atomic E-state index is 12.2. The summed E-state index contributed by atoms with van der Waals surface area (Å²) in [5, 5.41) is 25.2. The van der Waals surface area contributed by atoms with Crippen LogP contribution < -0.4 is 5.32 Å². The van der Waals surface area contributed by atoms with Gasteiger partial charge in [-0.1, -0.05) is 0 Å². The topological polar surface area (TPSA) is 94.2 Å². The van der Waals surface area contributed by atoms with Gasteiger partial charge in [-0.05, 0) is 26.7 Å². The molecular formula is C13H19N5O2. The van der Waals surface area contributed by atoms with E-state index in [1.807, 2.05) is 19.9 Å². The van der Waals surface area contributed by atoms with Crippen LogP contribution in [0.3, 0.4) is 0 Å². The molecule has 0 saturated carbocycles. The lowest BCUT2D eigenvalue weighted by Gasteiger charge is -2.22. The number of hydrogen-bond acceptors (Lipinski definition) is 4. The molecule has 20 heavy (non-hydrogen) atoms. The third kappa shape index (κ3) is 2.75. The van der Waals surface area contributed by atoms with Crippen LogP contribution in [0.15, 0.2) is 6.20 Å². The van der Waals surface area contributed by atoms with Gasteiger partial charge in [-0.3, -0.25) is 10.00 Å². The summed E-state index contributed by atoms with van der Waals surface area (Å²) in [6.07, 6.45) is 3.30. The zero-order chi connectivity index (χ0) is 14.7. The van der Waals surface area contributed by atoms with Crippen molar-refractivity contribution in [2.75, 3.05) is 18.5 Å². The number of aliphatic hydroxyl groups excluding tert-OH is 1. The molecular weight excluding hydrogens is 258 g/mol. The molecule has 0 bridgehead atoms. The van der Waals surface area contributed by atoms with E-state index in [-0.39, 0.29) is 30.5 Å². The molecule has 1 fully saturated rings. The van der Waals surface area contributed by atoms with E-state index in [1.54, 1.807) is 15.8 Å². The molecule has 2 heterocycles. The number of hydrogen-bond donors (Lipinski definition) is 2. The standard InChI is InChI=1S/C13H19N5O2/c1-9(2)18-7-10(6-14)12(16-18)15-13(20)17-5-3-4-11(17)8-19/h7,9,11,19H,3-5,8H2,1-2H3,(H,15,16,20)/t11-/m1/s1. The maximum Gasteiger partial charge on any atom is 0.323 e. The Balaban J connectivity index is 2.13. The number of rotatable bonds is 3. The van der Waals surface area contributed by atoms with Crippen LogP contribution >= 0.6 is 0 Å². The van der Waals surface area contributed by atoms with Crippen LogP contribution in [0.4, 0.5) is 10.6 Å². The lowest BCUT2D eigenvalue weighted by Crippen LogP contribution is -2.40. The second kappa shape index (κ2) is 5.92. The number of amides is 2. The number of urea groups is 1. The number of nitrogens with zero attached hydrogens (tertiary/aromatic N) is 4. The molecule has 0 spiro atoms. The minimum Gasteiger partial charge on any atom is -0.394 e. The molecule has 2 rings (SSSR count). The van der Waals surface area contributed by atoms with Crippen LogP contribution in [0.1, 0.15) is 38.3 Å². The number of anilines is 1. The highest BCUT2D eigenvalue weighted by molar-refractivity contribution is 5.90. The smallest absolute Gasteiger partial charge is 0.323 e. The van der Waals surface area contributed by atoms with E-state index < -0.39 is 0 Å². The Morgan fingerprint density at radius 2 is 2.45 bits per heavy atom. The Labute approximate surface area is 117 Å². The minimum atomic E-state index is -0.313. The van der Waals surface area contributed by atoms with E-state index in [1.165, 1.54) is 0 Å². The van der Waals surface area contributed by atoms with E-state index in [0.717, 1.165) is 12.8 Å². The fourth-order valence-corrected chi connectivity index (χ4v) is 2.30. The van der Waals surface area contributed by atoms with Crippen LogP contribution in [-0.2, 0) is 0 Å². The van der Waals surface area contributed by atoms with Crippen molar-refractivity contribution in [2.45, 2.75) is 38.8 Å². The third-order valence-corrected chi connectivity index (χ3v) is 3.46. The fourth-order valence-electron chi connectivity index (χ4n) is 2.30. The SMILES string of the molecule is CC(C)n1cc(C#N)c(NC(=O)N2CCC[C@@H]2CO)n1.